The van der Waals surface area contributed by atoms with E-state index in [0.29, 0.717) is 31.6 Å². The van der Waals surface area contributed by atoms with Gasteiger partial charge in [-0.05, 0) is 18.6 Å². The number of nitrogens with one attached hydrogen (secondary N) is 1. The molecule has 5 nitrogen and oxygen atoms in total. The van der Waals surface area contributed by atoms with Gasteiger partial charge in [-0.25, -0.2) is 13.1 Å². The Morgan fingerprint density at radius 3 is 2.89 bits per heavy atom. The van der Waals surface area contributed by atoms with E-state index in [2.05, 4.69) is 4.72 Å². The van der Waals surface area contributed by atoms with E-state index in [1.807, 2.05) is 0 Å². The maximum Gasteiger partial charge on any atom is 0.240 e. The van der Waals surface area contributed by atoms with Crippen LogP contribution in [0.5, 0.6) is 0 Å². The third kappa shape index (κ3) is 3.40. The summed E-state index contributed by atoms with van der Waals surface area (Å²) in [6.07, 6.45) is 1.03. The molecule has 0 aromatic heterocycles. The normalized spacial score (nSPS) is 19.5. The second-order valence-electron chi connectivity index (χ2n) is 4.49. The van der Waals surface area contributed by atoms with Gasteiger partial charge in [0.15, 0.2) is 5.78 Å². The first-order chi connectivity index (χ1) is 9.03. The highest BCUT2D eigenvalue weighted by Crippen LogP contribution is 2.15. The van der Waals surface area contributed by atoms with Gasteiger partial charge in [0.25, 0.3) is 0 Å². The van der Waals surface area contributed by atoms with Gasteiger partial charge in [-0.2, -0.15) is 0 Å². The quantitative estimate of drug-likeness (QED) is 0.828. The molecule has 1 saturated heterocycles. The van der Waals surface area contributed by atoms with Crippen molar-refractivity contribution in [2.24, 2.45) is 0 Å². The van der Waals surface area contributed by atoms with Gasteiger partial charge < -0.3 is 4.74 Å². The van der Waals surface area contributed by atoms with Crippen LogP contribution in [0.15, 0.2) is 29.2 Å². The van der Waals surface area contributed by atoms with Crippen molar-refractivity contribution >= 4 is 15.8 Å². The lowest BCUT2D eigenvalue weighted by atomic mass is 10.1. The minimum Gasteiger partial charge on any atom is -0.380 e. The van der Waals surface area contributed by atoms with Crippen LogP contribution in [0.2, 0.25) is 0 Å². The molecule has 1 atom stereocenters. The molecule has 1 unspecified atom stereocenters. The zero-order valence-electron chi connectivity index (χ0n) is 10.8. The van der Waals surface area contributed by atoms with Crippen LogP contribution in [0.1, 0.15) is 30.1 Å². The number of hydrogen-bond donors (Lipinski definition) is 1. The summed E-state index contributed by atoms with van der Waals surface area (Å²) < 4.78 is 32.1. The molecule has 1 fully saturated rings. The Kier molecular flexibility index (Phi) is 4.34. The molecular weight excluding hydrogens is 266 g/mol. The summed E-state index contributed by atoms with van der Waals surface area (Å²) in [5.41, 5.74) is 0.424. The molecular formula is C13H17NO4S. The van der Waals surface area contributed by atoms with Crippen molar-refractivity contribution in [3.63, 3.8) is 0 Å². The summed E-state index contributed by atoms with van der Waals surface area (Å²) in [4.78, 5) is 11.7. The summed E-state index contributed by atoms with van der Waals surface area (Å²) in [5, 5.41) is 0. The summed E-state index contributed by atoms with van der Waals surface area (Å²) in [6, 6.07) is 5.94. The van der Waals surface area contributed by atoms with Crippen molar-refractivity contribution in [1.29, 1.82) is 0 Å². The van der Waals surface area contributed by atoms with Crippen LogP contribution in [0, 0.1) is 0 Å². The fourth-order valence-corrected chi connectivity index (χ4v) is 3.26. The number of hydrogen-bond acceptors (Lipinski definition) is 4. The Bertz CT molecular complexity index is 562. The topological polar surface area (TPSA) is 72.5 Å². The molecule has 1 aliphatic rings. The molecule has 1 aromatic carbocycles. The lowest BCUT2D eigenvalue weighted by Crippen LogP contribution is -2.35. The largest absolute Gasteiger partial charge is 0.380 e. The second-order valence-corrected chi connectivity index (χ2v) is 6.20. The fourth-order valence-electron chi connectivity index (χ4n) is 1.96. The average molecular weight is 283 g/mol. The molecule has 1 aliphatic heterocycles. The molecule has 1 heterocycles. The predicted molar refractivity (Wildman–Crippen MR) is 70.6 cm³/mol. The molecule has 0 radical (unpaired) electrons. The molecule has 2 rings (SSSR count). The van der Waals surface area contributed by atoms with Gasteiger partial charge in [-0.15, -0.1) is 0 Å². The van der Waals surface area contributed by atoms with Gasteiger partial charge in [0.2, 0.25) is 10.0 Å². The van der Waals surface area contributed by atoms with Gasteiger partial charge in [-0.1, -0.05) is 19.1 Å². The predicted octanol–water partition coefficient (Wildman–Crippen LogP) is 1.35. The van der Waals surface area contributed by atoms with E-state index in [-0.39, 0.29) is 16.7 Å². The Hall–Kier alpha value is -1.24. The van der Waals surface area contributed by atoms with Crippen molar-refractivity contribution in [3.8, 4) is 0 Å². The van der Waals surface area contributed by atoms with E-state index in [4.69, 9.17) is 4.74 Å². The second kappa shape index (κ2) is 5.81. The van der Waals surface area contributed by atoms with Gasteiger partial charge in [0.05, 0.1) is 11.5 Å². The lowest BCUT2D eigenvalue weighted by molar-refractivity contribution is 0.0988. The van der Waals surface area contributed by atoms with Gasteiger partial charge in [0.1, 0.15) is 0 Å². The van der Waals surface area contributed by atoms with Crippen LogP contribution < -0.4 is 4.72 Å². The van der Waals surface area contributed by atoms with E-state index in [1.54, 1.807) is 19.1 Å². The molecule has 104 valence electrons. The number of sulfonamides is 1. The molecule has 19 heavy (non-hydrogen) atoms. The molecule has 1 aromatic rings. The first-order valence-electron chi connectivity index (χ1n) is 6.26. The van der Waals surface area contributed by atoms with Crippen LogP contribution in [0.4, 0.5) is 0 Å². The van der Waals surface area contributed by atoms with Crippen LogP contribution in [-0.4, -0.2) is 33.5 Å². The third-order valence-electron chi connectivity index (χ3n) is 3.04. The molecule has 0 bridgehead atoms. The van der Waals surface area contributed by atoms with E-state index in [0.717, 1.165) is 0 Å². The summed E-state index contributed by atoms with van der Waals surface area (Å²) in [6.45, 7) is 2.71. The monoisotopic (exact) mass is 283 g/mol. The van der Waals surface area contributed by atoms with E-state index in [1.165, 1.54) is 12.1 Å². The molecule has 0 saturated carbocycles. The molecule has 0 aliphatic carbocycles. The smallest absolute Gasteiger partial charge is 0.240 e. The standard InChI is InChI=1S/C13H17NO4S/c1-2-13(15)10-4-3-5-12(8-10)19(16,17)14-11-6-7-18-9-11/h3-5,8,11,14H,2,6-7,9H2,1H3. The van der Waals surface area contributed by atoms with Crippen LogP contribution in [0.25, 0.3) is 0 Å². The van der Waals surface area contributed by atoms with Gasteiger partial charge in [-0.3, -0.25) is 4.79 Å². The zero-order chi connectivity index (χ0) is 13.9. The Morgan fingerprint density at radius 1 is 1.47 bits per heavy atom. The van der Waals surface area contributed by atoms with E-state index < -0.39 is 10.0 Å². The molecule has 6 heteroatoms. The first kappa shape index (κ1) is 14.2. The van der Waals surface area contributed by atoms with Crippen LogP contribution in [0.3, 0.4) is 0 Å². The summed E-state index contributed by atoms with van der Waals surface area (Å²) in [5.74, 6) is -0.0683. The van der Waals surface area contributed by atoms with E-state index >= 15 is 0 Å². The maximum absolute atomic E-state index is 12.2. The van der Waals surface area contributed by atoms with Crippen LogP contribution >= 0.6 is 0 Å². The Balaban J connectivity index is 2.22. The highest BCUT2D eigenvalue weighted by molar-refractivity contribution is 7.89. The number of rotatable bonds is 5. The van der Waals surface area contributed by atoms with E-state index in [9.17, 15) is 13.2 Å². The fraction of sp³-hybridized carbons (Fsp3) is 0.462. The summed E-state index contributed by atoms with van der Waals surface area (Å²) in [7, 11) is -3.59. The minimum absolute atomic E-state index is 0.0683. The van der Waals surface area contributed by atoms with Crippen molar-refractivity contribution in [2.75, 3.05) is 13.2 Å². The van der Waals surface area contributed by atoms with Crippen LogP contribution in [-0.2, 0) is 14.8 Å². The first-order valence-corrected chi connectivity index (χ1v) is 7.74. The number of ether oxygens (including phenoxy) is 1. The Labute approximate surface area is 113 Å². The average Bonchev–Trinajstić information content (AvgIpc) is 2.90. The third-order valence-corrected chi connectivity index (χ3v) is 4.56. The number of carbonyl (C=O) groups is 1. The molecule has 0 spiro atoms. The zero-order valence-corrected chi connectivity index (χ0v) is 11.6. The minimum atomic E-state index is -3.59. The molecule has 1 N–H and O–H groups in total. The lowest BCUT2D eigenvalue weighted by Gasteiger charge is -2.12. The molecule has 0 amide bonds. The van der Waals surface area contributed by atoms with Gasteiger partial charge in [0, 0.05) is 24.6 Å². The van der Waals surface area contributed by atoms with Crippen molar-refractivity contribution < 1.29 is 17.9 Å². The summed E-state index contributed by atoms with van der Waals surface area (Å²) >= 11 is 0. The SMILES string of the molecule is CCC(=O)c1cccc(S(=O)(=O)NC2CCOC2)c1. The maximum atomic E-state index is 12.2. The number of carbonyl (C=O) groups excluding carboxylic acids is 1. The highest BCUT2D eigenvalue weighted by Gasteiger charge is 2.23. The van der Waals surface area contributed by atoms with Gasteiger partial charge >= 0.3 is 0 Å². The van der Waals surface area contributed by atoms with Crippen molar-refractivity contribution in [2.45, 2.75) is 30.7 Å². The van der Waals surface area contributed by atoms with Crippen molar-refractivity contribution in [3.05, 3.63) is 29.8 Å². The number of ketones is 1. The number of benzene rings is 1. The highest BCUT2D eigenvalue weighted by atomic mass is 32.2. The van der Waals surface area contributed by atoms with Crippen molar-refractivity contribution in [1.82, 2.24) is 4.72 Å². The Morgan fingerprint density at radius 2 is 2.26 bits per heavy atom. The number of Topliss-reactive ketones (excluding diaryl/α,β-unsaturated/α-hetero) is 1.